The minimum absolute atomic E-state index is 0.0274. The summed E-state index contributed by atoms with van der Waals surface area (Å²) in [7, 11) is 3.11. The highest BCUT2D eigenvalue weighted by molar-refractivity contribution is 5.74. The van der Waals surface area contributed by atoms with Crippen LogP contribution in [0.25, 0.3) is 0 Å². The number of carbonyl (C=O) groups is 1. The van der Waals surface area contributed by atoms with Gasteiger partial charge in [-0.2, -0.15) is 13.2 Å². The van der Waals surface area contributed by atoms with Crippen LogP contribution in [0.2, 0.25) is 0 Å². The third kappa shape index (κ3) is 5.69. The number of methoxy groups -OCH3 is 2. The number of allylic oxidation sites excluding steroid dienone is 3. The monoisotopic (exact) mass is 516 g/mol. The van der Waals surface area contributed by atoms with Crippen LogP contribution < -0.4 is 9.47 Å². The zero-order valence-corrected chi connectivity index (χ0v) is 21.0. The van der Waals surface area contributed by atoms with E-state index in [2.05, 4.69) is 0 Å². The number of carboxylic acids is 1. The van der Waals surface area contributed by atoms with E-state index in [0.717, 1.165) is 23.3 Å². The van der Waals surface area contributed by atoms with E-state index in [1.54, 1.807) is 26.4 Å². The van der Waals surface area contributed by atoms with Crippen molar-refractivity contribution in [2.75, 3.05) is 20.8 Å². The van der Waals surface area contributed by atoms with Crippen LogP contribution in [0.5, 0.6) is 11.5 Å². The van der Waals surface area contributed by atoms with Crippen molar-refractivity contribution in [1.82, 2.24) is 0 Å². The highest BCUT2D eigenvalue weighted by Crippen LogP contribution is 2.50. The molecule has 0 aromatic heterocycles. The Morgan fingerprint density at radius 1 is 1.08 bits per heavy atom. The zero-order valence-electron chi connectivity index (χ0n) is 21.0. The summed E-state index contributed by atoms with van der Waals surface area (Å²) >= 11 is 0. The molecule has 8 heteroatoms. The van der Waals surface area contributed by atoms with Crippen LogP contribution in [-0.2, 0) is 22.1 Å². The molecule has 2 aromatic carbocycles. The maximum absolute atomic E-state index is 13.0. The molecular formula is C29H31F3O5. The molecular weight excluding hydrogens is 485 g/mol. The summed E-state index contributed by atoms with van der Waals surface area (Å²) in [5.41, 5.74) is 0.308. The first-order valence-electron chi connectivity index (χ1n) is 12.1. The quantitative estimate of drug-likeness (QED) is 0.434. The first-order valence-corrected chi connectivity index (χ1v) is 12.1. The van der Waals surface area contributed by atoms with Crippen LogP contribution in [0.3, 0.4) is 0 Å². The number of ether oxygens (including phenoxy) is 3. The van der Waals surface area contributed by atoms with Gasteiger partial charge in [0.15, 0.2) is 11.5 Å². The third-order valence-electron chi connectivity index (χ3n) is 7.54. The van der Waals surface area contributed by atoms with Gasteiger partial charge in [0, 0.05) is 5.41 Å². The van der Waals surface area contributed by atoms with Gasteiger partial charge in [0.25, 0.3) is 0 Å². The Bertz CT molecular complexity index is 1170. The van der Waals surface area contributed by atoms with Crippen LogP contribution >= 0.6 is 0 Å². The van der Waals surface area contributed by atoms with Gasteiger partial charge in [-0.15, -0.1) is 0 Å². The Hall–Kier alpha value is -3.26. The fourth-order valence-electron chi connectivity index (χ4n) is 5.55. The van der Waals surface area contributed by atoms with Gasteiger partial charge < -0.3 is 19.3 Å². The first kappa shape index (κ1) is 26.8. The summed E-state index contributed by atoms with van der Waals surface area (Å²) in [6.45, 7) is 2.34. The second-order valence-corrected chi connectivity index (χ2v) is 9.96. The Morgan fingerprint density at radius 2 is 1.78 bits per heavy atom. The molecule has 2 aliphatic rings. The lowest BCUT2D eigenvalue weighted by Gasteiger charge is -2.37. The summed E-state index contributed by atoms with van der Waals surface area (Å²) in [5.74, 6) is -0.576. The number of rotatable bonds is 8. The zero-order chi connectivity index (χ0) is 26.8. The van der Waals surface area contributed by atoms with E-state index in [1.165, 1.54) is 12.1 Å². The summed E-state index contributed by atoms with van der Waals surface area (Å²) in [5, 5.41) is 9.91. The molecule has 0 spiro atoms. The van der Waals surface area contributed by atoms with Gasteiger partial charge in [-0.05, 0) is 60.1 Å². The SMILES string of the molecule is COc1ccc([C@H]2OC[C@H](Cc3ccc(C(F)(F)F)cc3)[C@H]2CC2(C)C=CC=CC2C(=O)O)cc1OC. The summed E-state index contributed by atoms with van der Waals surface area (Å²) in [6.07, 6.45) is 3.55. The Labute approximate surface area is 214 Å². The van der Waals surface area contributed by atoms with E-state index < -0.39 is 29.0 Å². The summed E-state index contributed by atoms with van der Waals surface area (Å²) < 4.78 is 56.3. The molecule has 1 heterocycles. The van der Waals surface area contributed by atoms with E-state index >= 15 is 0 Å². The predicted molar refractivity (Wildman–Crippen MR) is 132 cm³/mol. The molecule has 0 amide bonds. The molecule has 2 unspecified atom stereocenters. The fourth-order valence-corrected chi connectivity index (χ4v) is 5.55. The number of aliphatic carboxylic acids is 1. The topological polar surface area (TPSA) is 65.0 Å². The number of hydrogen-bond acceptors (Lipinski definition) is 4. The van der Waals surface area contributed by atoms with Gasteiger partial charge in [0.05, 0.1) is 38.4 Å². The molecule has 0 bridgehead atoms. The van der Waals surface area contributed by atoms with Crippen molar-refractivity contribution in [3.63, 3.8) is 0 Å². The van der Waals surface area contributed by atoms with Crippen molar-refractivity contribution in [3.8, 4) is 11.5 Å². The standard InChI is InChI=1S/C29H31F3O5/c1-28(13-5-4-6-23(28)27(33)34)16-22-20(14-18-7-10-21(11-8-18)29(30,31)32)17-37-26(22)19-9-12-24(35-2)25(15-19)36-3/h4-13,15,20,22-23,26H,14,16-17H2,1-3H3,(H,33,34)/t20-,22+,23?,26+,28?/m0/s1. The van der Waals surface area contributed by atoms with E-state index in [-0.39, 0.29) is 17.9 Å². The van der Waals surface area contributed by atoms with E-state index in [0.29, 0.717) is 30.9 Å². The molecule has 1 aliphatic heterocycles. The molecule has 37 heavy (non-hydrogen) atoms. The molecule has 4 rings (SSSR count). The molecule has 198 valence electrons. The summed E-state index contributed by atoms with van der Waals surface area (Å²) in [6, 6.07) is 10.8. The third-order valence-corrected chi connectivity index (χ3v) is 7.54. The van der Waals surface area contributed by atoms with Gasteiger partial charge in [-0.1, -0.05) is 49.4 Å². The number of benzene rings is 2. The maximum Gasteiger partial charge on any atom is 0.416 e. The van der Waals surface area contributed by atoms with E-state index in [9.17, 15) is 23.1 Å². The maximum atomic E-state index is 13.0. The highest BCUT2D eigenvalue weighted by atomic mass is 19.4. The normalized spacial score (nSPS) is 27.3. The van der Waals surface area contributed by atoms with E-state index in [4.69, 9.17) is 14.2 Å². The summed E-state index contributed by atoms with van der Waals surface area (Å²) in [4.78, 5) is 12.1. The minimum Gasteiger partial charge on any atom is -0.493 e. The van der Waals surface area contributed by atoms with Gasteiger partial charge in [0.2, 0.25) is 0 Å². The van der Waals surface area contributed by atoms with Gasteiger partial charge in [0.1, 0.15) is 0 Å². The van der Waals surface area contributed by atoms with Crippen LogP contribution in [0.15, 0.2) is 66.8 Å². The van der Waals surface area contributed by atoms with Crippen LogP contribution in [-0.4, -0.2) is 31.9 Å². The molecule has 1 aliphatic carbocycles. The van der Waals surface area contributed by atoms with Crippen molar-refractivity contribution in [2.45, 2.75) is 32.0 Å². The molecule has 0 saturated carbocycles. The molecule has 1 saturated heterocycles. The van der Waals surface area contributed by atoms with Crippen molar-refractivity contribution >= 4 is 5.97 Å². The lowest BCUT2D eigenvalue weighted by atomic mass is 9.65. The Kier molecular flexibility index (Phi) is 7.69. The predicted octanol–water partition coefficient (Wildman–Crippen LogP) is 6.49. The molecule has 5 atom stereocenters. The van der Waals surface area contributed by atoms with Crippen LogP contribution in [0.1, 0.15) is 36.1 Å². The lowest BCUT2D eigenvalue weighted by molar-refractivity contribution is -0.143. The first-order chi connectivity index (χ1) is 17.6. The largest absolute Gasteiger partial charge is 0.493 e. The number of halogens is 3. The van der Waals surface area contributed by atoms with Crippen molar-refractivity contribution < 1.29 is 37.3 Å². The van der Waals surface area contributed by atoms with Gasteiger partial charge in [-0.3, -0.25) is 4.79 Å². The molecule has 2 aromatic rings. The molecule has 1 N–H and O–H groups in total. The van der Waals surface area contributed by atoms with Crippen molar-refractivity contribution in [1.29, 1.82) is 0 Å². The number of carboxylic acid groups (broad SMARTS) is 1. The van der Waals surface area contributed by atoms with E-state index in [1.807, 2.05) is 37.3 Å². The highest BCUT2D eigenvalue weighted by Gasteiger charge is 2.46. The van der Waals surface area contributed by atoms with Crippen LogP contribution in [0, 0.1) is 23.2 Å². The number of hydrogen-bond donors (Lipinski definition) is 1. The smallest absolute Gasteiger partial charge is 0.416 e. The lowest BCUT2D eigenvalue weighted by Crippen LogP contribution is -2.35. The fraction of sp³-hybridized carbons (Fsp3) is 0.414. The average molecular weight is 517 g/mol. The average Bonchev–Trinajstić information content (AvgIpc) is 3.24. The second kappa shape index (κ2) is 10.6. The minimum atomic E-state index is -4.39. The molecule has 5 nitrogen and oxygen atoms in total. The molecule has 1 fully saturated rings. The van der Waals surface area contributed by atoms with Crippen molar-refractivity contribution in [3.05, 3.63) is 83.5 Å². The van der Waals surface area contributed by atoms with Gasteiger partial charge >= 0.3 is 12.1 Å². The Morgan fingerprint density at radius 3 is 2.41 bits per heavy atom. The second-order valence-electron chi connectivity index (χ2n) is 9.96. The van der Waals surface area contributed by atoms with Gasteiger partial charge in [-0.25, -0.2) is 0 Å². The Balaban J connectivity index is 1.66. The molecule has 0 radical (unpaired) electrons. The van der Waals surface area contributed by atoms with Crippen molar-refractivity contribution in [2.24, 2.45) is 23.2 Å². The van der Waals surface area contributed by atoms with Crippen LogP contribution in [0.4, 0.5) is 13.2 Å². The number of alkyl halides is 3.